The fourth-order valence-electron chi connectivity index (χ4n) is 1.73. The molecular weight excluding hydrogens is 306 g/mol. The zero-order valence-corrected chi connectivity index (χ0v) is 12.0. The Morgan fingerprint density at radius 2 is 2.00 bits per heavy atom. The van der Waals surface area contributed by atoms with Crippen molar-refractivity contribution in [3.63, 3.8) is 0 Å². The van der Waals surface area contributed by atoms with Crippen LogP contribution in [0.4, 0.5) is 0 Å². The summed E-state index contributed by atoms with van der Waals surface area (Å²) in [4.78, 5) is 25.9. The SMILES string of the molecule is [B]c1ccc(-c2cnc(C(=O)NCC(=O)O)c(O)c2)cc1Cl. The normalized spacial score (nSPS) is 10.2. The maximum absolute atomic E-state index is 11.7. The van der Waals surface area contributed by atoms with E-state index in [0.29, 0.717) is 21.6 Å². The van der Waals surface area contributed by atoms with E-state index in [9.17, 15) is 14.7 Å². The molecule has 1 aromatic carbocycles. The van der Waals surface area contributed by atoms with Gasteiger partial charge in [0.05, 0.1) is 0 Å². The summed E-state index contributed by atoms with van der Waals surface area (Å²) in [6.07, 6.45) is 1.37. The van der Waals surface area contributed by atoms with E-state index >= 15 is 0 Å². The molecule has 3 N–H and O–H groups in total. The van der Waals surface area contributed by atoms with Gasteiger partial charge >= 0.3 is 5.97 Å². The topological polar surface area (TPSA) is 99.5 Å². The Labute approximate surface area is 132 Å². The van der Waals surface area contributed by atoms with E-state index in [1.54, 1.807) is 18.2 Å². The summed E-state index contributed by atoms with van der Waals surface area (Å²) in [5.74, 6) is -2.34. The molecule has 2 rings (SSSR count). The highest BCUT2D eigenvalue weighted by atomic mass is 35.5. The summed E-state index contributed by atoms with van der Waals surface area (Å²) < 4.78 is 0. The van der Waals surface area contributed by atoms with E-state index < -0.39 is 18.4 Å². The van der Waals surface area contributed by atoms with Gasteiger partial charge in [-0.2, -0.15) is 0 Å². The molecule has 6 nitrogen and oxygen atoms in total. The smallest absolute Gasteiger partial charge is 0.322 e. The Balaban J connectivity index is 2.27. The standard InChI is InChI=1S/C14H10BClN2O4/c15-9-2-1-7(3-10(9)16)8-4-11(19)13(17-5-8)14(22)18-6-12(20)21/h1-5,19H,6H2,(H,18,22)(H,20,21). The van der Waals surface area contributed by atoms with E-state index in [2.05, 4.69) is 10.3 Å². The molecule has 0 bridgehead atoms. The molecule has 2 radical (unpaired) electrons. The van der Waals surface area contributed by atoms with E-state index in [-0.39, 0.29) is 11.4 Å². The second-order valence-electron chi connectivity index (χ2n) is 4.40. The minimum absolute atomic E-state index is 0.258. The lowest BCUT2D eigenvalue weighted by atomic mass is 9.94. The summed E-state index contributed by atoms with van der Waals surface area (Å²) in [6, 6.07) is 6.26. The van der Waals surface area contributed by atoms with Crippen molar-refractivity contribution in [1.29, 1.82) is 0 Å². The molecule has 2 aromatic rings. The summed E-state index contributed by atoms with van der Waals surface area (Å²) in [6.45, 7) is -0.560. The lowest BCUT2D eigenvalue weighted by Crippen LogP contribution is -2.29. The van der Waals surface area contributed by atoms with Gasteiger partial charge in [-0.05, 0) is 17.7 Å². The number of pyridine rings is 1. The first-order valence-electron chi connectivity index (χ1n) is 6.13. The molecule has 110 valence electrons. The summed E-state index contributed by atoms with van der Waals surface area (Å²) in [5, 5.41) is 20.9. The van der Waals surface area contributed by atoms with E-state index in [0.717, 1.165) is 0 Å². The van der Waals surface area contributed by atoms with Crippen LogP contribution >= 0.6 is 11.6 Å². The van der Waals surface area contributed by atoms with Gasteiger partial charge in [-0.1, -0.05) is 29.2 Å². The quantitative estimate of drug-likeness (QED) is 0.722. The molecule has 0 saturated carbocycles. The third-order valence-electron chi connectivity index (χ3n) is 2.82. The Hall–Kier alpha value is -2.54. The van der Waals surface area contributed by atoms with Gasteiger partial charge in [-0.3, -0.25) is 9.59 Å². The van der Waals surface area contributed by atoms with Crippen LogP contribution in [-0.4, -0.2) is 41.5 Å². The van der Waals surface area contributed by atoms with Crippen molar-refractivity contribution in [2.75, 3.05) is 6.54 Å². The molecular formula is C14H10BClN2O4. The molecule has 8 heteroatoms. The third kappa shape index (κ3) is 3.56. The predicted molar refractivity (Wildman–Crippen MR) is 81.7 cm³/mol. The van der Waals surface area contributed by atoms with Crippen LogP contribution in [0.1, 0.15) is 10.5 Å². The van der Waals surface area contributed by atoms with Gasteiger partial charge in [-0.25, -0.2) is 4.98 Å². The zero-order valence-electron chi connectivity index (χ0n) is 11.2. The number of halogens is 1. The Bertz CT molecular complexity index is 752. The van der Waals surface area contributed by atoms with Gasteiger partial charge in [-0.15, -0.1) is 0 Å². The van der Waals surface area contributed by atoms with Crippen molar-refractivity contribution in [3.05, 3.63) is 41.2 Å². The number of amides is 1. The van der Waals surface area contributed by atoms with E-state index in [4.69, 9.17) is 24.6 Å². The number of carbonyl (C=O) groups is 2. The predicted octanol–water partition coefficient (Wildman–Crippen LogP) is 0.716. The molecule has 0 aliphatic heterocycles. The van der Waals surface area contributed by atoms with Crippen LogP contribution in [0.3, 0.4) is 0 Å². The average molecular weight is 317 g/mol. The number of carboxylic acid groups (broad SMARTS) is 1. The summed E-state index contributed by atoms with van der Waals surface area (Å²) >= 11 is 5.93. The maximum Gasteiger partial charge on any atom is 0.322 e. The van der Waals surface area contributed by atoms with Crippen LogP contribution in [0, 0.1) is 0 Å². The number of nitrogens with one attached hydrogen (secondary N) is 1. The van der Waals surface area contributed by atoms with Gasteiger partial charge in [0.15, 0.2) is 5.69 Å². The van der Waals surface area contributed by atoms with Crippen LogP contribution in [0.15, 0.2) is 30.5 Å². The molecule has 22 heavy (non-hydrogen) atoms. The minimum atomic E-state index is -1.19. The third-order valence-corrected chi connectivity index (χ3v) is 3.14. The van der Waals surface area contributed by atoms with Crippen LogP contribution < -0.4 is 10.8 Å². The Morgan fingerprint density at radius 3 is 2.59 bits per heavy atom. The molecule has 0 aliphatic rings. The minimum Gasteiger partial charge on any atom is -0.505 e. The van der Waals surface area contributed by atoms with Gasteiger partial charge in [0, 0.05) is 16.8 Å². The zero-order chi connectivity index (χ0) is 16.3. The maximum atomic E-state index is 11.7. The highest BCUT2D eigenvalue weighted by Gasteiger charge is 2.15. The first-order valence-corrected chi connectivity index (χ1v) is 6.50. The fourth-order valence-corrected chi connectivity index (χ4v) is 1.91. The van der Waals surface area contributed by atoms with E-state index in [1.165, 1.54) is 12.3 Å². The van der Waals surface area contributed by atoms with Crippen molar-refractivity contribution in [2.45, 2.75) is 0 Å². The molecule has 1 heterocycles. The van der Waals surface area contributed by atoms with Crippen molar-refractivity contribution < 1.29 is 19.8 Å². The second-order valence-corrected chi connectivity index (χ2v) is 4.81. The Kier molecular flexibility index (Phi) is 4.67. The highest BCUT2D eigenvalue weighted by Crippen LogP contribution is 2.25. The molecule has 1 amide bonds. The van der Waals surface area contributed by atoms with Gasteiger partial charge < -0.3 is 15.5 Å². The number of carboxylic acids is 1. The summed E-state index contributed by atoms with van der Waals surface area (Å²) in [5.41, 5.74) is 1.37. The van der Waals surface area contributed by atoms with Gasteiger partial charge in [0.1, 0.15) is 20.1 Å². The van der Waals surface area contributed by atoms with Crippen LogP contribution in [0.25, 0.3) is 11.1 Å². The summed E-state index contributed by atoms with van der Waals surface area (Å²) in [7, 11) is 5.62. The van der Waals surface area contributed by atoms with Crippen molar-refractivity contribution in [1.82, 2.24) is 10.3 Å². The lowest BCUT2D eigenvalue weighted by Gasteiger charge is -2.08. The Morgan fingerprint density at radius 1 is 1.27 bits per heavy atom. The molecule has 0 unspecified atom stereocenters. The van der Waals surface area contributed by atoms with Crippen molar-refractivity contribution in [3.8, 4) is 16.9 Å². The molecule has 0 spiro atoms. The fraction of sp³-hybridized carbons (Fsp3) is 0.0714. The molecule has 0 fully saturated rings. The molecule has 0 saturated heterocycles. The number of aliphatic carboxylic acids is 1. The number of rotatable bonds is 4. The van der Waals surface area contributed by atoms with Crippen LogP contribution in [-0.2, 0) is 4.79 Å². The number of carbonyl (C=O) groups excluding carboxylic acids is 1. The van der Waals surface area contributed by atoms with Crippen molar-refractivity contribution in [2.24, 2.45) is 0 Å². The first kappa shape index (κ1) is 15.8. The lowest BCUT2D eigenvalue weighted by molar-refractivity contribution is -0.135. The highest BCUT2D eigenvalue weighted by molar-refractivity contribution is 6.45. The number of benzene rings is 1. The molecule has 0 aliphatic carbocycles. The first-order chi connectivity index (χ1) is 10.4. The van der Waals surface area contributed by atoms with Gasteiger partial charge in [0.25, 0.3) is 5.91 Å². The number of nitrogens with zero attached hydrogens (tertiary/aromatic N) is 1. The number of hydrogen-bond donors (Lipinski definition) is 3. The average Bonchev–Trinajstić information content (AvgIpc) is 2.47. The van der Waals surface area contributed by atoms with Gasteiger partial charge in [0.2, 0.25) is 0 Å². The molecule has 0 atom stereocenters. The number of aromatic hydroxyl groups is 1. The number of aromatic nitrogens is 1. The molecule has 1 aromatic heterocycles. The van der Waals surface area contributed by atoms with E-state index in [1.807, 2.05) is 0 Å². The van der Waals surface area contributed by atoms with Crippen molar-refractivity contribution >= 4 is 36.8 Å². The second kappa shape index (κ2) is 6.49. The monoisotopic (exact) mass is 316 g/mol. The van der Waals surface area contributed by atoms with Crippen LogP contribution in [0.2, 0.25) is 5.02 Å². The largest absolute Gasteiger partial charge is 0.505 e. The van der Waals surface area contributed by atoms with Crippen LogP contribution in [0.5, 0.6) is 5.75 Å². The number of hydrogen-bond acceptors (Lipinski definition) is 4.